The molecule has 2 aromatic rings. The van der Waals surface area contributed by atoms with Crippen molar-refractivity contribution in [2.75, 3.05) is 14.2 Å². The number of carbonyl (C=O) groups is 1. The highest BCUT2D eigenvalue weighted by molar-refractivity contribution is 6.45. The third-order valence-corrected chi connectivity index (χ3v) is 4.04. The van der Waals surface area contributed by atoms with Crippen LogP contribution in [0.15, 0.2) is 58.0 Å². The predicted octanol–water partition coefficient (Wildman–Crippen LogP) is 3.19. The van der Waals surface area contributed by atoms with Gasteiger partial charge in [0, 0.05) is 30.8 Å². The third kappa shape index (κ3) is 6.39. The van der Waals surface area contributed by atoms with E-state index in [-0.39, 0.29) is 12.3 Å². The molecular formula is C20H22ClN5O3. The second-order valence-electron chi connectivity index (χ2n) is 5.80. The number of halogens is 1. The van der Waals surface area contributed by atoms with E-state index < -0.39 is 5.91 Å². The molecule has 152 valence electrons. The quantitative estimate of drug-likeness (QED) is 0.426. The van der Waals surface area contributed by atoms with Crippen molar-refractivity contribution >= 4 is 34.8 Å². The molecule has 0 atom stereocenters. The van der Waals surface area contributed by atoms with Crippen LogP contribution in [-0.4, -0.2) is 42.4 Å². The number of pyridine rings is 1. The smallest absolute Gasteiger partial charge is 0.273 e. The van der Waals surface area contributed by atoms with Gasteiger partial charge in [0.05, 0.1) is 11.4 Å². The van der Waals surface area contributed by atoms with E-state index in [0.717, 1.165) is 11.3 Å². The minimum atomic E-state index is -0.394. The van der Waals surface area contributed by atoms with Crippen LogP contribution in [0.25, 0.3) is 0 Å². The van der Waals surface area contributed by atoms with Crippen LogP contribution >= 0.6 is 11.6 Å². The van der Waals surface area contributed by atoms with Crippen molar-refractivity contribution in [3.8, 4) is 0 Å². The van der Waals surface area contributed by atoms with Crippen LogP contribution < -0.4 is 5.32 Å². The molecule has 1 amide bonds. The lowest BCUT2D eigenvalue weighted by molar-refractivity contribution is -0.114. The van der Waals surface area contributed by atoms with Crippen LogP contribution in [0.1, 0.15) is 30.7 Å². The fourth-order valence-corrected chi connectivity index (χ4v) is 2.41. The van der Waals surface area contributed by atoms with Gasteiger partial charge in [-0.05, 0) is 36.8 Å². The number of likely N-dealkylation sites (N-methyl/N-ethyl adjacent to an activating group) is 1. The van der Waals surface area contributed by atoms with Crippen LogP contribution in [0, 0.1) is 0 Å². The number of nitrogens with one attached hydrogen (secondary N) is 1. The molecule has 8 nitrogen and oxygen atoms in total. The van der Waals surface area contributed by atoms with E-state index in [1.54, 1.807) is 37.4 Å². The maximum Gasteiger partial charge on any atom is 0.273 e. The molecule has 2 rings (SSSR count). The molecule has 1 N–H and O–H groups in total. The van der Waals surface area contributed by atoms with Gasteiger partial charge in [-0.1, -0.05) is 28.9 Å². The Kier molecular flexibility index (Phi) is 8.29. The molecule has 0 unspecified atom stereocenters. The molecule has 1 aromatic heterocycles. The number of oxime groups is 1. The predicted molar refractivity (Wildman–Crippen MR) is 113 cm³/mol. The monoisotopic (exact) mass is 415 g/mol. The summed E-state index contributed by atoms with van der Waals surface area (Å²) >= 11 is 5.89. The van der Waals surface area contributed by atoms with Crippen molar-refractivity contribution in [2.45, 2.75) is 20.5 Å². The standard InChI is InChI=1S/C20H22ClN5O3/c1-13(15-7-9-16(21)10-8-15)24-25-14(2)29-12-18-17(6-5-11-23-18)19(26-28-4)20(27)22-3/h5-11H,12H2,1-4H3,(H,22,27). The number of hydrogen-bond acceptors (Lipinski definition) is 7. The molecule has 0 saturated heterocycles. The Morgan fingerprint density at radius 2 is 1.90 bits per heavy atom. The van der Waals surface area contributed by atoms with Gasteiger partial charge >= 0.3 is 0 Å². The van der Waals surface area contributed by atoms with E-state index in [0.29, 0.717) is 22.2 Å². The molecule has 1 heterocycles. The topological polar surface area (TPSA) is 97.5 Å². The van der Waals surface area contributed by atoms with Crippen molar-refractivity contribution in [3.63, 3.8) is 0 Å². The Morgan fingerprint density at radius 1 is 1.17 bits per heavy atom. The summed E-state index contributed by atoms with van der Waals surface area (Å²) in [5.74, 6) is -0.0465. The van der Waals surface area contributed by atoms with Crippen LogP contribution in [0.5, 0.6) is 0 Å². The SMILES string of the molecule is CNC(=O)C(=NOC)c1cccnc1COC(C)=NN=C(C)c1ccc(Cl)cc1. The number of ether oxygens (including phenoxy) is 1. The summed E-state index contributed by atoms with van der Waals surface area (Å²) in [5.41, 5.74) is 2.75. The van der Waals surface area contributed by atoms with Crippen molar-refractivity contribution in [1.29, 1.82) is 0 Å². The number of aromatic nitrogens is 1. The first-order chi connectivity index (χ1) is 14.0. The molecule has 0 saturated carbocycles. The zero-order valence-corrected chi connectivity index (χ0v) is 17.4. The van der Waals surface area contributed by atoms with Gasteiger partial charge in [-0.25, -0.2) is 0 Å². The van der Waals surface area contributed by atoms with E-state index in [1.165, 1.54) is 14.2 Å². The highest BCUT2D eigenvalue weighted by Crippen LogP contribution is 2.12. The summed E-state index contributed by atoms with van der Waals surface area (Å²) in [5, 5.41) is 15.2. The van der Waals surface area contributed by atoms with Crippen molar-refractivity contribution in [2.24, 2.45) is 15.4 Å². The lowest BCUT2D eigenvalue weighted by Gasteiger charge is -2.10. The largest absolute Gasteiger partial charge is 0.473 e. The first kappa shape index (κ1) is 22.0. The van der Waals surface area contributed by atoms with Crippen molar-refractivity contribution in [1.82, 2.24) is 10.3 Å². The molecule has 1 aromatic carbocycles. The maximum absolute atomic E-state index is 12.1. The van der Waals surface area contributed by atoms with Crippen molar-refractivity contribution in [3.05, 3.63) is 64.4 Å². The van der Waals surface area contributed by atoms with E-state index in [2.05, 4.69) is 25.7 Å². The third-order valence-electron chi connectivity index (χ3n) is 3.79. The second kappa shape index (κ2) is 10.9. The van der Waals surface area contributed by atoms with E-state index in [4.69, 9.17) is 21.2 Å². The maximum atomic E-state index is 12.1. The minimum absolute atomic E-state index is 0.0841. The summed E-state index contributed by atoms with van der Waals surface area (Å²) in [6.07, 6.45) is 1.60. The Hall–Kier alpha value is -3.26. The Labute approximate surface area is 174 Å². The van der Waals surface area contributed by atoms with E-state index in [9.17, 15) is 4.79 Å². The van der Waals surface area contributed by atoms with Gasteiger partial charge in [0.15, 0.2) is 5.71 Å². The molecule has 0 fully saturated rings. The van der Waals surface area contributed by atoms with Gasteiger partial charge in [-0.2, -0.15) is 5.10 Å². The Morgan fingerprint density at radius 3 is 2.55 bits per heavy atom. The van der Waals surface area contributed by atoms with E-state index >= 15 is 0 Å². The highest BCUT2D eigenvalue weighted by atomic mass is 35.5. The molecule has 9 heteroatoms. The van der Waals surface area contributed by atoms with Crippen LogP contribution in [0.2, 0.25) is 5.02 Å². The summed E-state index contributed by atoms with van der Waals surface area (Å²) < 4.78 is 5.65. The molecule has 0 bridgehead atoms. The van der Waals surface area contributed by atoms with Gasteiger partial charge in [0.2, 0.25) is 5.90 Å². The average molecular weight is 416 g/mol. The van der Waals surface area contributed by atoms with Gasteiger partial charge < -0.3 is 14.9 Å². The summed E-state index contributed by atoms with van der Waals surface area (Å²) in [7, 11) is 2.88. The Bertz CT molecular complexity index is 939. The second-order valence-corrected chi connectivity index (χ2v) is 6.24. The lowest BCUT2D eigenvalue weighted by atomic mass is 10.1. The van der Waals surface area contributed by atoms with Gasteiger partial charge in [-0.15, -0.1) is 5.10 Å². The molecule has 0 aliphatic heterocycles. The summed E-state index contributed by atoms with van der Waals surface area (Å²) in [4.78, 5) is 21.1. The van der Waals surface area contributed by atoms with Crippen LogP contribution in [0.4, 0.5) is 0 Å². The summed E-state index contributed by atoms with van der Waals surface area (Å²) in [6.45, 7) is 3.61. The summed E-state index contributed by atoms with van der Waals surface area (Å²) in [6, 6.07) is 10.7. The Balaban J connectivity index is 2.14. The number of amides is 1. The first-order valence-electron chi connectivity index (χ1n) is 8.71. The van der Waals surface area contributed by atoms with Crippen LogP contribution in [-0.2, 0) is 21.0 Å². The zero-order chi connectivity index (χ0) is 21.2. The van der Waals surface area contributed by atoms with E-state index in [1.807, 2.05) is 19.1 Å². The first-order valence-corrected chi connectivity index (χ1v) is 9.09. The van der Waals surface area contributed by atoms with Gasteiger partial charge in [0.1, 0.15) is 13.7 Å². The average Bonchev–Trinajstić information content (AvgIpc) is 2.74. The van der Waals surface area contributed by atoms with Gasteiger partial charge in [-0.3, -0.25) is 9.78 Å². The van der Waals surface area contributed by atoms with Gasteiger partial charge in [0.25, 0.3) is 5.91 Å². The number of nitrogens with zero attached hydrogens (tertiary/aromatic N) is 4. The molecule has 0 aliphatic carbocycles. The minimum Gasteiger partial charge on any atom is -0.473 e. The molecular weight excluding hydrogens is 394 g/mol. The number of rotatable bonds is 7. The number of hydrogen-bond donors (Lipinski definition) is 1. The normalized spacial score (nSPS) is 12.5. The number of benzene rings is 1. The number of carbonyl (C=O) groups excluding carboxylic acids is 1. The molecule has 0 radical (unpaired) electrons. The lowest BCUT2D eigenvalue weighted by Crippen LogP contribution is -2.29. The molecule has 29 heavy (non-hydrogen) atoms. The van der Waals surface area contributed by atoms with Crippen molar-refractivity contribution < 1.29 is 14.4 Å². The highest BCUT2D eigenvalue weighted by Gasteiger charge is 2.18. The molecule has 0 aliphatic rings. The van der Waals surface area contributed by atoms with Crippen LogP contribution in [0.3, 0.4) is 0 Å². The zero-order valence-electron chi connectivity index (χ0n) is 16.6. The fourth-order valence-electron chi connectivity index (χ4n) is 2.29. The fraction of sp³-hybridized carbons (Fsp3) is 0.250. The molecule has 0 spiro atoms.